The number of carbonyl (C=O) groups excluding carboxylic acids is 1. The molecule has 1 aliphatic rings. The van der Waals surface area contributed by atoms with Crippen LogP contribution in [-0.2, 0) is 4.79 Å². The van der Waals surface area contributed by atoms with Crippen LogP contribution >= 0.6 is 12.4 Å². The van der Waals surface area contributed by atoms with E-state index in [1.165, 1.54) is 0 Å². The molecule has 112 valence electrons. The van der Waals surface area contributed by atoms with Crippen molar-refractivity contribution in [3.63, 3.8) is 0 Å². The summed E-state index contributed by atoms with van der Waals surface area (Å²) < 4.78 is 0. The number of carbonyl (C=O) groups is 1. The molecular weight excluding hydrogens is 292 g/mol. The fourth-order valence-corrected chi connectivity index (χ4v) is 2.48. The summed E-state index contributed by atoms with van der Waals surface area (Å²) >= 11 is 0. The molecule has 21 heavy (non-hydrogen) atoms. The Morgan fingerprint density at radius 1 is 1.29 bits per heavy atom. The molecule has 2 N–H and O–H groups in total. The van der Waals surface area contributed by atoms with Crippen molar-refractivity contribution in [2.45, 2.75) is 12.8 Å². The lowest BCUT2D eigenvalue weighted by Crippen LogP contribution is -2.25. The summed E-state index contributed by atoms with van der Waals surface area (Å²) in [5, 5.41) is 18.2. The second-order valence-corrected chi connectivity index (χ2v) is 4.94. The van der Waals surface area contributed by atoms with E-state index in [0.717, 1.165) is 36.8 Å². The van der Waals surface area contributed by atoms with Gasteiger partial charge in [-0.05, 0) is 32.0 Å². The molecule has 1 aliphatic heterocycles. The molecule has 1 amide bonds. The van der Waals surface area contributed by atoms with Crippen molar-refractivity contribution < 1.29 is 9.90 Å². The van der Waals surface area contributed by atoms with Gasteiger partial charge in [0.15, 0.2) is 5.69 Å². The molecule has 0 bridgehead atoms. The molecule has 0 aliphatic carbocycles. The third-order valence-electron chi connectivity index (χ3n) is 3.48. The molecule has 1 saturated heterocycles. The fourth-order valence-electron chi connectivity index (χ4n) is 2.48. The van der Waals surface area contributed by atoms with E-state index in [1.54, 1.807) is 0 Å². The Morgan fingerprint density at radius 3 is 2.76 bits per heavy atom. The van der Waals surface area contributed by atoms with Crippen molar-refractivity contribution in [2.75, 3.05) is 19.6 Å². The zero-order chi connectivity index (χ0) is 13.9. The van der Waals surface area contributed by atoms with Crippen LogP contribution in [0.5, 0.6) is 5.88 Å². The number of azo groups is 1. The number of aromatic hydroxyl groups is 1. The maximum absolute atomic E-state index is 11.7. The van der Waals surface area contributed by atoms with Crippen LogP contribution in [0.1, 0.15) is 12.8 Å². The van der Waals surface area contributed by atoms with Crippen LogP contribution < -0.4 is 0 Å². The Kier molecular flexibility index (Phi) is 4.93. The number of aromatic nitrogens is 1. The van der Waals surface area contributed by atoms with Gasteiger partial charge in [-0.15, -0.1) is 22.6 Å². The maximum Gasteiger partial charge on any atom is 0.278 e. The summed E-state index contributed by atoms with van der Waals surface area (Å²) in [4.78, 5) is 16.6. The van der Waals surface area contributed by atoms with E-state index in [4.69, 9.17) is 0 Å². The predicted molar refractivity (Wildman–Crippen MR) is 82.4 cm³/mol. The summed E-state index contributed by atoms with van der Waals surface area (Å²) in [6, 6.07) is 7.36. The summed E-state index contributed by atoms with van der Waals surface area (Å²) in [6.07, 6.45) is 2.27. The minimum absolute atomic E-state index is 0. The van der Waals surface area contributed by atoms with Gasteiger partial charge in [-0.1, -0.05) is 18.2 Å². The van der Waals surface area contributed by atoms with E-state index < -0.39 is 0 Å². The molecule has 7 heteroatoms. The number of benzene rings is 1. The van der Waals surface area contributed by atoms with Gasteiger partial charge < -0.3 is 10.1 Å². The number of likely N-dealkylation sites (tertiary alicyclic amines) is 1. The van der Waals surface area contributed by atoms with Gasteiger partial charge in [0.05, 0.1) is 12.1 Å². The van der Waals surface area contributed by atoms with Crippen molar-refractivity contribution in [2.24, 2.45) is 10.2 Å². The molecule has 1 aromatic carbocycles. The zero-order valence-electron chi connectivity index (χ0n) is 11.5. The highest BCUT2D eigenvalue weighted by Crippen LogP contribution is 2.35. The maximum atomic E-state index is 11.7. The molecule has 0 spiro atoms. The van der Waals surface area contributed by atoms with Crippen LogP contribution in [0.25, 0.3) is 10.9 Å². The van der Waals surface area contributed by atoms with E-state index in [-0.39, 0.29) is 24.2 Å². The molecule has 0 unspecified atom stereocenters. The lowest BCUT2D eigenvalue weighted by Gasteiger charge is -2.09. The van der Waals surface area contributed by atoms with Crippen LogP contribution in [0.4, 0.5) is 5.69 Å². The van der Waals surface area contributed by atoms with Gasteiger partial charge in [0.25, 0.3) is 5.91 Å². The first-order valence-electron chi connectivity index (χ1n) is 6.70. The van der Waals surface area contributed by atoms with Crippen LogP contribution in [-0.4, -0.2) is 40.5 Å². The van der Waals surface area contributed by atoms with Crippen molar-refractivity contribution in [1.29, 1.82) is 0 Å². The Hall–Kier alpha value is -1.92. The number of fused-ring (bicyclic) bond motifs is 1. The fraction of sp³-hybridized carbons (Fsp3) is 0.357. The lowest BCUT2D eigenvalue weighted by molar-refractivity contribution is -0.119. The first kappa shape index (κ1) is 15.5. The molecular formula is C14H17ClN4O2. The molecule has 3 rings (SSSR count). The number of nitrogens with one attached hydrogen (secondary N) is 1. The molecule has 6 nitrogen and oxygen atoms in total. The van der Waals surface area contributed by atoms with Crippen LogP contribution in [0, 0.1) is 0 Å². The van der Waals surface area contributed by atoms with Gasteiger partial charge in [-0.2, -0.15) is 0 Å². The number of aromatic amines is 1. The average Bonchev–Trinajstić information content (AvgIpc) is 3.03. The number of hydrogen-bond acceptors (Lipinski definition) is 4. The lowest BCUT2D eigenvalue weighted by atomic mass is 10.2. The van der Waals surface area contributed by atoms with Crippen molar-refractivity contribution >= 4 is 34.9 Å². The van der Waals surface area contributed by atoms with Gasteiger partial charge in [-0.25, -0.2) is 0 Å². The Labute approximate surface area is 128 Å². The summed E-state index contributed by atoms with van der Waals surface area (Å²) in [7, 11) is 0. The normalized spacial score (nSPS) is 15.6. The smallest absolute Gasteiger partial charge is 0.278 e. The summed E-state index contributed by atoms with van der Waals surface area (Å²) in [6.45, 7) is 2.19. The van der Waals surface area contributed by atoms with E-state index in [1.807, 2.05) is 24.3 Å². The Morgan fingerprint density at radius 2 is 2.00 bits per heavy atom. The van der Waals surface area contributed by atoms with Crippen molar-refractivity contribution in [3.8, 4) is 5.88 Å². The standard InChI is InChI=1S/C14H16N4O2.ClH/c19-12(9-18-7-3-4-8-18)16-17-13-10-5-1-2-6-11(10)15-14(13)20;/h1-2,5-6,15,20H,3-4,7-9H2;1H. The molecule has 1 fully saturated rings. The largest absolute Gasteiger partial charge is 0.493 e. The number of para-hydroxylation sites is 1. The van der Waals surface area contributed by atoms with Crippen LogP contribution in [0.3, 0.4) is 0 Å². The predicted octanol–water partition coefficient (Wildman–Crippen LogP) is 3.00. The minimum Gasteiger partial charge on any atom is -0.493 e. The van der Waals surface area contributed by atoms with E-state index in [0.29, 0.717) is 12.2 Å². The molecule has 0 saturated carbocycles. The van der Waals surface area contributed by atoms with E-state index in [9.17, 15) is 9.90 Å². The van der Waals surface area contributed by atoms with Gasteiger partial charge in [0.2, 0.25) is 5.88 Å². The summed E-state index contributed by atoms with van der Waals surface area (Å²) in [5.74, 6) is -0.347. The first-order chi connectivity index (χ1) is 9.74. The van der Waals surface area contributed by atoms with Gasteiger partial charge in [0, 0.05) is 5.39 Å². The van der Waals surface area contributed by atoms with Gasteiger partial charge in [0.1, 0.15) is 0 Å². The molecule has 0 radical (unpaired) electrons. The molecule has 2 aromatic rings. The highest BCUT2D eigenvalue weighted by molar-refractivity contribution is 5.94. The van der Waals surface area contributed by atoms with Crippen LogP contribution in [0.15, 0.2) is 34.5 Å². The number of hydrogen-bond donors (Lipinski definition) is 2. The zero-order valence-corrected chi connectivity index (χ0v) is 12.3. The Balaban J connectivity index is 0.00000161. The molecule has 2 heterocycles. The molecule has 0 atom stereocenters. The van der Waals surface area contributed by atoms with E-state index in [2.05, 4.69) is 20.1 Å². The highest BCUT2D eigenvalue weighted by Gasteiger charge is 2.15. The molecule has 1 aromatic heterocycles. The SMILES string of the molecule is Cl.O=C(CN1CCCC1)N=Nc1c(O)[nH]c2ccccc12. The number of amides is 1. The number of nitrogens with zero attached hydrogens (tertiary/aromatic N) is 3. The summed E-state index contributed by atoms with van der Waals surface area (Å²) in [5.41, 5.74) is 1.08. The average molecular weight is 309 g/mol. The highest BCUT2D eigenvalue weighted by atomic mass is 35.5. The number of rotatable bonds is 3. The third kappa shape index (κ3) is 3.40. The quantitative estimate of drug-likeness (QED) is 0.855. The third-order valence-corrected chi connectivity index (χ3v) is 3.48. The van der Waals surface area contributed by atoms with Crippen LogP contribution in [0.2, 0.25) is 0 Å². The van der Waals surface area contributed by atoms with Crippen molar-refractivity contribution in [3.05, 3.63) is 24.3 Å². The number of halogens is 1. The monoisotopic (exact) mass is 308 g/mol. The number of H-pyrrole nitrogens is 1. The second-order valence-electron chi connectivity index (χ2n) is 4.94. The topological polar surface area (TPSA) is 81.1 Å². The second kappa shape index (κ2) is 6.69. The Bertz CT molecular complexity index is 662. The van der Waals surface area contributed by atoms with E-state index >= 15 is 0 Å². The van der Waals surface area contributed by atoms with Gasteiger partial charge in [-0.3, -0.25) is 9.69 Å². The first-order valence-corrected chi connectivity index (χ1v) is 6.70. The van der Waals surface area contributed by atoms with Gasteiger partial charge >= 0.3 is 0 Å². The van der Waals surface area contributed by atoms with Crippen molar-refractivity contribution in [1.82, 2.24) is 9.88 Å². The minimum atomic E-state index is -0.281.